The van der Waals surface area contributed by atoms with Gasteiger partial charge in [0.15, 0.2) is 6.29 Å². The number of ether oxygens (including phenoxy) is 2. The average molecular weight is 178 g/mol. The van der Waals surface area contributed by atoms with Gasteiger partial charge in [-0.15, -0.1) is 0 Å². The lowest BCUT2D eigenvalue weighted by Gasteiger charge is -2.38. The molecule has 72 valence electrons. The van der Waals surface area contributed by atoms with Gasteiger partial charge in [0.2, 0.25) is 0 Å². The predicted molar refractivity (Wildman–Crippen MR) is 39.4 cm³/mol. The first-order chi connectivity index (χ1) is 5.57. The molecule has 5 heteroatoms. The van der Waals surface area contributed by atoms with Gasteiger partial charge in [0, 0.05) is 7.11 Å². The molecule has 0 radical (unpaired) electrons. The lowest BCUT2D eigenvalue weighted by Crippen LogP contribution is -2.57. The van der Waals surface area contributed by atoms with E-state index in [1.54, 1.807) is 6.92 Å². The van der Waals surface area contributed by atoms with Crippen LogP contribution in [0.3, 0.4) is 0 Å². The Morgan fingerprint density at radius 2 is 1.75 bits per heavy atom. The molecule has 1 fully saturated rings. The van der Waals surface area contributed by atoms with Crippen molar-refractivity contribution in [3.8, 4) is 0 Å². The number of hydrogen-bond donors (Lipinski definition) is 3. The van der Waals surface area contributed by atoms with Gasteiger partial charge >= 0.3 is 0 Å². The molecule has 0 bridgehead atoms. The van der Waals surface area contributed by atoms with E-state index in [0.29, 0.717) is 0 Å². The Kier molecular flexibility index (Phi) is 3.03. The van der Waals surface area contributed by atoms with Crippen LogP contribution < -0.4 is 0 Å². The molecule has 1 aliphatic rings. The molecule has 0 amide bonds. The van der Waals surface area contributed by atoms with Crippen molar-refractivity contribution in [2.75, 3.05) is 7.11 Å². The van der Waals surface area contributed by atoms with E-state index in [4.69, 9.17) is 14.6 Å². The highest BCUT2D eigenvalue weighted by Gasteiger charge is 2.42. The molecular formula is C7H14O5. The third-order valence-corrected chi connectivity index (χ3v) is 2.07. The molecule has 1 heterocycles. The summed E-state index contributed by atoms with van der Waals surface area (Å²) in [6.07, 6.45) is -4.71. The van der Waals surface area contributed by atoms with Gasteiger partial charge in [-0.2, -0.15) is 0 Å². The lowest BCUT2D eigenvalue weighted by molar-refractivity contribution is -0.282. The van der Waals surface area contributed by atoms with Crippen LogP contribution in [0.5, 0.6) is 0 Å². The number of hydrogen-bond acceptors (Lipinski definition) is 5. The van der Waals surface area contributed by atoms with Crippen LogP contribution in [-0.2, 0) is 9.47 Å². The SMILES string of the molecule is CO[C@H]1[C@@H](O)[C@@H](O)O[C@H](C)[C@H]1O. The highest BCUT2D eigenvalue weighted by Crippen LogP contribution is 2.21. The molecule has 0 saturated carbocycles. The van der Waals surface area contributed by atoms with Crippen molar-refractivity contribution >= 4 is 0 Å². The summed E-state index contributed by atoms with van der Waals surface area (Å²) < 4.78 is 9.63. The predicted octanol–water partition coefficient (Wildman–Crippen LogP) is -1.54. The summed E-state index contributed by atoms with van der Waals surface area (Å²) in [5, 5.41) is 27.8. The van der Waals surface area contributed by atoms with E-state index in [0.717, 1.165) is 0 Å². The topological polar surface area (TPSA) is 79.2 Å². The lowest BCUT2D eigenvalue weighted by atomic mass is 10.00. The van der Waals surface area contributed by atoms with Gasteiger partial charge in [0.25, 0.3) is 0 Å². The van der Waals surface area contributed by atoms with Crippen molar-refractivity contribution in [3.63, 3.8) is 0 Å². The van der Waals surface area contributed by atoms with Gasteiger partial charge in [-0.3, -0.25) is 0 Å². The summed E-state index contributed by atoms with van der Waals surface area (Å²) in [6.45, 7) is 1.60. The van der Waals surface area contributed by atoms with Crippen molar-refractivity contribution < 1.29 is 24.8 Å². The Bertz CT molecular complexity index is 137. The summed E-state index contributed by atoms with van der Waals surface area (Å²) in [7, 11) is 1.36. The van der Waals surface area contributed by atoms with E-state index in [9.17, 15) is 10.2 Å². The van der Waals surface area contributed by atoms with Gasteiger partial charge in [-0.1, -0.05) is 0 Å². The average Bonchev–Trinajstić information content (AvgIpc) is 2.02. The maximum absolute atomic E-state index is 9.40. The first-order valence-corrected chi connectivity index (χ1v) is 3.80. The fraction of sp³-hybridized carbons (Fsp3) is 1.00. The second kappa shape index (κ2) is 3.68. The quantitative estimate of drug-likeness (QED) is 0.453. The van der Waals surface area contributed by atoms with Crippen LogP contribution in [0, 0.1) is 0 Å². The molecule has 1 aliphatic heterocycles. The smallest absolute Gasteiger partial charge is 0.183 e. The molecule has 0 aromatic carbocycles. The number of aliphatic hydroxyl groups is 3. The molecule has 0 aromatic rings. The van der Waals surface area contributed by atoms with Crippen molar-refractivity contribution in [2.24, 2.45) is 0 Å². The van der Waals surface area contributed by atoms with Gasteiger partial charge in [-0.25, -0.2) is 0 Å². The standard InChI is InChI=1S/C7H14O5/c1-3-4(8)6(11-2)5(9)7(10)12-3/h3-10H,1-2H3/t3-,4-,5-,6-,7+/m1/s1. The largest absolute Gasteiger partial charge is 0.388 e. The molecule has 12 heavy (non-hydrogen) atoms. The Labute approximate surface area is 70.5 Å². The third-order valence-electron chi connectivity index (χ3n) is 2.07. The zero-order chi connectivity index (χ0) is 9.30. The highest BCUT2D eigenvalue weighted by atomic mass is 16.6. The fourth-order valence-electron chi connectivity index (χ4n) is 1.29. The monoisotopic (exact) mass is 178 g/mol. The number of methoxy groups -OCH3 is 1. The summed E-state index contributed by atoms with van der Waals surface area (Å²) in [5.74, 6) is 0. The van der Waals surface area contributed by atoms with Crippen LogP contribution in [0.15, 0.2) is 0 Å². The van der Waals surface area contributed by atoms with Crippen LogP contribution in [-0.4, -0.2) is 53.1 Å². The van der Waals surface area contributed by atoms with Crippen LogP contribution in [0.4, 0.5) is 0 Å². The van der Waals surface area contributed by atoms with E-state index < -0.39 is 30.7 Å². The molecule has 0 aliphatic carbocycles. The summed E-state index contributed by atoms with van der Waals surface area (Å²) in [6, 6.07) is 0. The molecule has 3 N–H and O–H groups in total. The van der Waals surface area contributed by atoms with E-state index in [1.165, 1.54) is 7.11 Å². The first-order valence-electron chi connectivity index (χ1n) is 3.80. The highest BCUT2D eigenvalue weighted by molar-refractivity contribution is 4.87. The molecule has 0 aromatic heterocycles. The molecule has 5 atom stereocenters. The molecule has 0 spiro atoms. The molecule has 1 saturated heterocycles. The number of aliphatic hydroxyl groups excluding tert-OH is 3. The molecular weight excluding hydrogens is 164 g/mol. The molecule has 1 rings (SSSR count). The van der Waals surface area contributed by atoms with Crippen molar-refractivity contribution in [3.05, 3.63) is 0 Å². The second-order valence-corrected chi connectivity index (χ2v) is 2.91. The normalized spacial score (nSPS) is 49.2. The second-order valence-electron chi connectivity index (χ2n) is 2.91. The van der Waals surface area contributed by atoms with E-state index in [-0.39, 0.29) is 0 Å². The van der Waals surface area contributed by atoms with Crippen molar-refractivity contribution in [1.29, 1.82) is 0 Å². The van der Waals surface area contributed by atoms with Gasteiger partial charge in [0.05, 0.1) is 6.10 Å². The van der Waals surface area contributed by atoms with Gasteiger partial charge in [0.1, 0.15) is 18.3 Å². The maximum Gasteiger partial charge on any atom is 0.183 e. The Hall–Kier alpha value is -0.200. The van der Waals surface area contributed by atoms with E-state index in [1.807, 2.05) is 0 Å². The molecule has 5 nitrogen and oxygen atoms in total. The van der Waals surface area contributed by atoms with Gasteiger partial charge in [-0.05, 0) is 6.92 Å². The zero-order valence-electron chi connectivity index (χ0n) is 7.04. The van der Waals surface area contributed by atoms with Crippen LogP contribution in [0.1, 0.15) is 6.92 Å². The molecule has 0 unspecified atom stereocenters. The Morgan fingerprint density at radius 3 is 2.25 bits per heavy atom. The maximum atomic E-state index is 9.40. The summed E-state index contributed by atoms with van der Waals surface area (Å²) in [4.78, 5) is 0. The van der Waals surface area contributed by atoms with Crippen LogP contribution in [0.25, 0.3) is 0 Å². The Balaban J connectivity index is 2.67. The van der Waals surface area contributed by atoms with Crippen molar-refractivity contribution in [1.82, 2.24) is 0 Å². The van der Waals surface area contributed by atoms with E-state index >= 15 is 0 Å². The minimum Gasteiger partial charge on any atom is -0.388 e. The van der Waals surface area contributed by atoms with Gasteiger partial charge < -0.3 is 24.8 Å². The van der Waals surface area contributed by atoms with Crippen molar-refractivity contribution in [2.45, 2.75) is 37.6 Å². The Morgan fingerprint density at radius 1 is 1.17 bits per heavy atom. The van der Waals surface area contributed by atoms with E-state index in [2.05, 4.69) is 0 Å². The zero-order valence-corrected chi connectivity index (χ0v) is 7.04. The van der Waals surface area contributed by atoms with Crippen LogP contribution >= 0.6 is 0 Å². The minimum atomic E-state index is -1.28. The fourth-order valence-corrected chi connectivity index (χ4v) is 1.29. The number of rotatable bonds is 1. The first kappa shape index (κ1) is 9.88. The summed E-state index contributed by atoms with van der Waals surface area (Å²) in [5.41, 5.74) is 0. The van der Waals surface area contributed by atoms with Crippen LogP contribution in [0.2, 0.25) is 0 Å². The summed E-state index contributed by atoms with van der Waals surface area (Å²) >= 11 is 0. The third kappa shape index (κ3) is 1.60. The minimum absolute atomic E-state index is 0.534.